The van der Waals surface area contributed by atoms with Gasteiger partial charge in [0, 0.05) is 30.2 Å². The molecule has 0 aliphatic heterocycles. The summed E-state index contributed by atoms with van der Waals surface area (Å²) in [5.74, 6) is 1.66. The van der Waals surface area contributed by atoms with Crippen LogP contribution in [0.5, 0.6) is 5.75 Å². The van der Waals surface area contributed by atoms with Crippen LogP contribution < -0.4 is 15.4 Å². The molecule has 0 atom stereocenters. The molecular formula is C22H26N4O. The SMILES string of the molecule is CCNC(=NCc1ccccc1OCC)NCc1cccc2cccnc12. The average Bonchev–Trinajstić information content (AvgIpc) is 2.71. The number of hydrogen-bond donors (Lipinski definition) is 2. The molecule has 0 saturated carbocycles. The van der Waals surface area contributed by atoms with Crippen LogP contribution in [0.1, 0.15) is 25.0 Å². The quantitative estimate of drug-likeness (QED) is 0.494. The van der Waals surface area contributed by atoms with Gasteiger partial charge in [-0.25, -0.2) is 4.99 Å². The second-order valence-electron chi connectivity index (χ2n) is 6.08. The Morgan fingerprint density at radius 1 is 0.963 bits per heavy atom. The van der Waals surface area contributed by atoms with Crippen LogP contribution in [-0.4, -0.2) is 24.1 Å². The van der Waals surface area contributed by atoms with Crippen LogP contribution in [0.15, 0.2) is 65.8 Å². The predicted molar refractivity (Wildman–Crippen MR) is 111 cm³/mol. The lowest BCUT2D eigenvalue weighted by Gasteiger charge is -2.13. The van der Waals surface area contributed by atoms with Gasteiger partial charge in [-0.3, -0.25) is 4.98 Å². The van der Waals surface area contributed by atoms with Gasteiger partial charge < -0.3 is 15.4 Å². The van der Waals surface area contributed by atoms with Crippen molar-refractivity contribution in [2.24, 2.45) is 4.99 Å². The van der Waals surface area contributed by atoms with Crippen LogP contribution in [0.2, 0.25) is 0 Å². The number of aromatic nitrogens is 1. The first-order valence-electron chi connectivity index (χ1n) is 9.37. The minimum Gasteiger partial charge on any atom is -0.494 e. The van der Waals surface area contributed by atoms with E-state index in [-0.39, 0.29) is 0 Å². The number of fused-ring (bicyclic) bond motifs is 1. The van der Waals surface area contributed by atoms with Gasteiger partial charge in [0.25, 0.3) is 0 Å². The first-order chi connectivity index (χ1) is 13.3. The smallest absolute Gasteiger partial charge is 0.191 e. The lowest BCUT2D eigenvalue weighted by atomic mass is 10.1. The highest BCUT2D eigenvalue weighted by Crippen LogP contribution is 2.19. The number of aliphatic imine (C=N–C) groups is 1. The van der Waals surface area contributed by atoms with Crippen LogP contribution in [-0.2, 0) is 13.1 Å². The summed E-state index contributed by atoms with van der Waals surface area (Å²) < 4.78 is 5.69. The third-order valence-corrected chi connectivity index (χ3v) is 4.19. The highest BCUT2D eigenvalue weighted by atomic mass is 16.5. The number of nitrogens with zero attached hydrogens (tertiary/aromatic N) is 2. The van der Waals surface area contributed by atoms with Gasteiger partial charge in [-0.15, -0.1) is 0 Å². The Balaban J connectivity index is 1.73. The van der Waals surface area contributed by atoms with Crippen molar-refractivity contribution in [3.8, 4) is 5.75 Å². The summed E-state index contributed by atoms with van der Waals surface area (Å²) in [4.78, 5) is 9.23. The Hall–Kier alpha value is -3.08. The molecule has 27 heavy (non-hydrogen) atoms. The molecule has 0 unspecified atom stereocenters. The maximum atomic E-state index is 5.69. The summed E-state index contributed by atoms with van der Waals surface area (Å²) in [5, 5.41) is 7.85. The van der Waals surface area contributed by atoms with Crippen molar-refractivity contribution in [1.29, 1.82) is 0 Å². The van der Waals surface area contributed by atoms with E-state index in [1.54, 1.807) is 0 Å². The maximum absolute atomic E-state index is 5.69. The number of ether oxygens (including phenoxy) is 1. The zero-order valence-corrected chi connectivity index (χ0v) is 15.9. The highest BCUT2D eigenvalue weighted by molar-refractivity contribution is 5.83. The molecule has 5 heteroatoms. The number of para-hydroxylation sites is 2. The second-order valence-corrected chi connectivity index (χ2v) is 6.08. The van der Waals surface area contributed by atoms with E-state index in [4.69, 9.17) is 9.73 Å². The fraction of sp³-hybridized carbons (Fsp3) is 0.273. The molecule has 0 amide bonds. The van der Waals surface area contributed by atoms with Gasteiger partial charge in [0.15, 0.2) is 5.96 Å². The molecule has 0 aliphatic rings. The first kappa shape index (κ1) is 18.7. The molecule has 3 rings (SSSR count). The number of hydrogen-bond acceptors (Lipinski definition) is 3. The molecule has 0 fully saturated rings. The molecule has 5 nitrogen and oxygen atoms in total. The summed E-state index contributed by atoms with van der Waals surface area (Å²) in [6.45, 7) is 6.71. The van der Waals surface area contributed by atoms with Gasteiger partial charge in [0.1, 0.15) is 5.75 Å². The summed E-state index contributed by atoms with van der Waals surface area (Å²) >= 11 is 0. The molecule has 2 N–H and O–H groups in total. The monoisotopic (exact) mass is 362 g/mol. The molecular weight excluding hydrogens is 336 g/mol. The van der Waals surface area contributed by atoms with E-state index in [0.29, 0.717) is 19.7 Å². The molecule has 0 saturated heterocycles. The van der Waals surface area contributed by atoms with Gasteiger partial charge in [0.2, 0.25) is 0 Å². The lowest BCUT2D eigenvalue weighted by molar-refractivity contribution is 0.336. The number of rotatable bonds is 7. The van der Waals surface area contributed by atoms with Crippen molar-refractivity contribution in [2.75, 3.05) is 13.2 Å². The van der Waals surface area contributed by atoms with E-state index >= 15 is 0 Å². The summed E-state index contributed by atoms with van der Waals surface area (Å²) in [6, 6.07) is 18.3. The van der Waals surface area contributed by atoms with E-state index in [1.165, 1.54) is 0 Å². The zero-order valence-electron chi connectivity index (χ0n) is 15.9. The second kappa shape index (κ2) is 9.57. The molecule has 140 valence electrons. The van der Waals surface area contributed by atoms with Gasteiger partial charge in [-0.05, 0) is 31.5 Å². The Labute approximate surface area is 160 Å². The van der Waals surface area contributed by atoms with Crippen molar-refractivity contribution in [1.82, 2.24) is 15.6 Å². The predicted octanol–water partition coefficient (Wildman–Crippen LogP) is 3.89. The highest BCUT2D eigenvalue weighted by Gasteiger charge is 2.05. The number of nitrogens with one attached hydrogen (secondary N) is 2. The van der Waals surface area contributed by atoms with E-state index < -0.39 is 0 Å². The van der Waals surface area contributed by atoms with Gasteiger partial charge in [-0.1, -0.05) is 42.5 Å². The van der Waals surface area contributed by atoms with Crippen molar-refractivity contribution in [3.63, 3.8) is 0 Å². The number of benzene rings is 2. The van der Waals surface area contributed by atoms with E-state index in [1.807, 2.05) is 43.5 Å². The Morgan fingerprint density at radius 3 is 2.63 bits per heavy atom. The summed E-state index contributed by atoms with van der Waals surface area (Å²) in [7, 11) is 0. The van der Waals surface area contributed by atoms with Crippen molar-refractivity contribution >= 4 is 16.9 Å². The Bertz CT molecular complexity index is 902. The van der Waals surface area contributed by atoms with Crippen molar-refractivity contribution in [3.05, 3.63) is 71.9 Å². The lowest BCUT2D eigenvalue weighted by Crippen LogP contribution is -2.36. The molecule has 3 aromatic rings. The van der Waals surface area contributed by atoms with Crippen LogP contribution in [0, 0.1) is 0 Å². The molecule has 0 aliphatic carbocycles. The Kier molecular flexibility index (Phi) is 6.63. The van der Waals surface area contributed by atoms with Crippen LogP contribution >= 0.6 is 0 Å². The zero-order chi connectivity index (χ0) is 18.9. The van der Waals surface area contributed by atoms with E-state index in [0.717, 1.165) is 40.3 Å². The van der Waals surface area contributed by atoms with E-state index in [9.17, 15) is 0 Å². The normalized spacial score (nSPS) is 11.4. The fourth-order valence-electron chi connectivity index (χ4n) is 2.93. The standard InChI is InChI=1S/C22H26N4O/c1-3-23-22(25-15-18-9-5-6-13-20(18)27-4-2)26-16-19-11-7-10-17-12-8-14-24-21(17)19/h5-14H,3-4,15-16H2,1-2H3,(H2,23,25,26). The summed E-state index contributed by atoms with van der Waals surface area (Å²) in [5.41, 5.74) is 3.24. The fourth-order valence-corrected chi connectivity index (χ4v) is 2.93. The largest absolute Gasteiger partial charge is 0.494 e. The molecule has 0 radical (unpaired) electrons. The number of pyridine rings is 1. The van der Waals surface area contributed by atoms with Crippen molar-refractivity contribution in [2.45, 2.75) is 26.9 Å². The Morgan fingerprint density at radius 2 is 1.78 bits per heavy atom. The maximum Gasteiger partial charge on any atom is 0.191 e. The average molecular weight is 362 g/mol. The van der Waals surface area contributed by atoms with Gasteiger partial charge >= 0.3 is 0 Å². The van der Waals surface area contributed by atoms with E-state index in [2.05, 4.69) is 46.8 Å². The molecule has 2 aromatic carbocycles. The summed E-state index contributed by atoms with van der Waals surface area (Å²) in [6.07, 6.45) is 1.83. The molecule has 1 aromatic heterocycles. The minimum absolute atomic E-state index is 0.555. The third kappa shape index (κ3) is 4.97. The number of guanidine groups is 1. The molecule has 0 bridgehead atoms. The topological polar surface area (TPSA) is 58.5 Å². The third-order valence-electron chi connectivity index (χ3n) is 4.19. The minimum atomic E-state index is 0.555. The van der Waals surface area contributed by atoms with Gasteiger partial charge in [-0.2, -0.15) is 0 Å². The van der Waals surface area contributed by atoms with Crippen molar-refractivity contribution < 1.29 is 4.74 Å². The first-order valence-corrected chi connectivity index (χ1v) is 9.37. The van der Waals surface area contributed by atoms with Crippen LogP contribution in [0.4, 0.5) is 0 Å². The molecule has 0 spiro atoms. The van der Waals surface area contributed by atoms with Crippen LogP contribution in [0.25, 0.3) is 10.9 Å². The van der Waals surface area contributed by atoms with Crippen LogP contribution in [0.3, 0.4) is 0 Å². The molecule has 1 heterocycles. The van der Waals surface area contributed by atoms with Gasteiger partial charge in [0.05, 0.1) is 18.7 Å².